The molecular weight excluding hydrogens is 180 g/mol. The van der Waals surface area contributed by atoms with Gasteiger partial charge in [0, 0.05) is 17.7 Å². The summed E-state index contributed by atoms with van der Waals surface area (Å²) in [4.78, 5) is 0. The van der Waals surface area contributed by atoms with Gasteiger partial charge in [-0.3, -0.25) is 5.10 Å². The van der Waals surface area contributed by atoms with E-state index in [0.29, 0.717) is 12.3 Å². The van der Waals surface area contributed by atoms with Crippen LogP contribution in [0.15, 0.2) is 5.16 Å². The van der Waals surface area contributed by atoms with Crippen LogP contribution in [0, 0.1) is 6.92 Å². The van der Waals surface area contributed by atoms with Crippen molar-refractivity contribution in [3.05, 3.63) is 11.3 Å². The second kappa shape index (κ2) is 4.64. The van der Waals surface area contributed by atoms with Crippen LogP contribution in [0.5, 0.6) is 0 Å². The molecule has 1 aromatic rings. The molecule has 0 atom stereocenters. The Morgan fingerprint density at radius 3 is 2.79 bits per heavy atom. The molecule has 5 heteroatoms. The summed E-state index contributed by atoms with van der Waals surface area (Å²) in [7, 11) is 0. The lowest BCUT2D eigenvalue weighted by Crippen LogP contribution is -2.12. The molecule has 1 heterocycles. The number of aromatic nitrogens is 2. The molecule has 0 saturated carbocycles. The van der Waals surface area contributed by atoms with Gasteiger partial charge in [-0.1, -0.05) is 19.0 Å². The number of rotatable bonds is 3. The first-order valence-electron chi connectivity index (χ1n) is 4.74. The van der Waals surface area contributed by atoms with Gasteiger partial charge in [0.05, 0.1) is 0 Å². The molecule has 0 spiro atoms. The second-order valence-corrected chi connectivity index (χ2v) is 3.05. The molecule has 0 aliphatic rings. The number of hydrogen-bond donors (Lipinski definition) is 3. The van der Waals surface area contributed by atoms with Crippen molar-refractivity contribution in [2.45, 2.75) is 33.6 Å². The van der Waals surface area contributed by atoms with Gasteiger partial charge >= 0.3 is 0 Å². The summed E-state index contributed by atoms with van der Waals surface area (Å²) >= 11 is 0. The van der Waals surface area contributed by atoms with E-state index in [2.05, 4.69) is 27.6 Å². The van der Waals surface area contributed by atoms with Crippen LogP contribution in [0.3, 0.4) is 0 Å². The zero-order valence-corrected chi connectivity index (χ0v) is 8.76. The third kappa shape index (κ3) is 2.04. The van der Waals surface area contributed by atoms with Gasteiger partial charge in [-0.05, 0) is 13.3 Å². The van der Waals surface area contributed by atoms with E-state index in [1.54, 1.807) is 0 Å². The number of nitrogens with one attached hydrogen (secondary N) is 2. The summed E-state index contributed by atoms with van der Waals surface area (Å²) in [6.45, 7) is 5.94. The van der Waals surface area contributed by atoms with E-state index in [0.717, 1.165) is 23.5 Å². The van der Waals surface area contributed by atoms with E-state index in [-0.39, 0.29) is 0 Å². The van der Waals surface area contributed by atoms with Gasteiger partial charge in [-0.15, -0.1) is 0 Å². The molecule has 5 nitrogen and oxygen atoms in total. The van der Waals surface area contributed by atoms with Gasteiger partial charge in [0.25, 0.3) is 0 Å². The van der Waals surface area contributed by atoms with E-state index < -0.39 is 0 Å². The van der Waals surface area contributed by atoms with Crippen LogP contribution in [0.4, 0.5) is 5.82 Å². The molecule has 78 valence electrons. The summed E-state index contributed by atoms with van der Waals surface area (Å²) in [5.74, 6) is 1.27. The topological polar surface area (TPSA) is 73.3 Å². The number of aromatic amines is 1. The van der Waals surface area contributed by atoms with Crippen molar-refractivity contribution in [3.8, 4) is 0 Å². The fourth-order valence-electron chi connectivity index (χ4n) is 1.31. The minimum atomic E-state index is 0.520. The average Bonchev–Trinajstić information content (AvgIpc) is 2.55. The average molecular weight is 196 g/mol. The molecule has 0 fully saturated rings. The number of anilines is 1. The fourth-order valence-corrected chi connectivity index (χ4v) is 1.31. The highest BCUT2D eigenvalue weighted by molar-refractivity contribution is 5.94. The first kappa shape index (κ1) is 10.6. The van der Waals surface area contributed by atoms with Crippen molar-refractivity contribution in [2.24, 2.45) is 5.16 Å². The molecule has 1 aromatic heterocycles. The van der Waals surface area contributed by atoms with Gasteiger partial charge in [-0.2, -0.15) is 5.10 Å². The molecule has 0 unspecified atom stereocenters. The highest BCUT2D eigenvalue weighted by Gasteiger charge is 2.09. The van der Waals surface area contributed by atoms with Crippen molar-refractivity contribution in [3.63, 3.8) is 0 Å². The van der Waals surface area contributed by atoms with Crippen LogP contribution in [-0.4, -0.2) is 21.2 Å². The normalized spacial score (nSPS) is 11.8. The zero-order valence-electron chi connectivity index (χ0n) is 8.76. The van der Waals surface area contributed by atoms with Crippen molar-refractivity contribution in [1.82, 2.24) is 10.2 Å². The van der Waals surface area contributed by atoms with E-state index >= 15 is 0 Å². The monoisotopic (exact) mass is 196 g/mol. The maximum absolute atomic E-state index is 8.65. The van der Waals surface area contributed by atoms with Crippen LogP contribution in [0.25, 0.3) is 0 Å². The Kier molecular flexibility index (Phi) is 3.50. The highest BCUT2D eigenvalue weighted by atomic mass is 16.4. The second-order valence-electron chi connectivity index (χ2n) is 3.05. The number of oxime groups is 1. The van der Waals surface area contributed by atoms with Crippen molar-refractivity contribution in [2.75, 3.05) is 5.32 Å². The first-order valence-corrected chi connectivity index (χ1v) is 4.74. The van der Waals surface area contributed by atoms with Crippen LogP contribution in [-0.2, 0) is 6.42 Å². The molecule has 0 bridgehead atoms. The zero-order chi connectivity index (χ0) is 10.6. The summed E-state index contributed by atoms with van der Waals surface area (Å²) < 4.78 is 0. The smallest absolute Gasteiger partial charge is 0.156 e. The largest absolute Gasteiger partial charge is 0.409 e. The van der Waals surface area contributed by atoms with Gasteiger partial charge in [0.1, 0.15) is 5.84 Å². The van der Waals surface area contributed by atoms with E-state index in [1.165, 1.54) is 0 Å². The summed E-state index contributed by atoms with van der Waals surface area (Å²) in [6.07, 6.45) is 1.54. The Morgan fingerprint density at radius 1 is 1.57 bits per heavy atom. The molecule has 0 aliphatic heterocycles. The summed E-state index contributed by atoms with van der Waals surface area (Å²) in [6, 6.07) is 0. The van der Waals surface area contributed by atoms with Gasteiger partial charge in [-0.25, -0.2) is 0 Å². The third-order valence-electron chi connectivity index (χ3n) is 2.15. The van der Waals surface area contributed by atoms with Gasteiger partial charge in [0.15, 0.2) is 5.82 Å². The maximum atomic E-state index is 8.65. The van der Waals surface area contributed by atoms with Crippen molar-refractivity contribution < 1.29 is 5.21 Å². The van der Waals surface area contributed by atoms with Crippen LogP contribution >= 0.6 is 0 Å². The standard InChI is InChI=1S/C9H16N4O/c1-4-7-6(3)11-12-9(7)10-8(5-2)13-14/h14H,4-5H2,1-3H3,(H2,10,11,12,13). The molecule has 3 N–H and O–H groups in total. The SMILES string of the molecule is CCC(=NO)Nc1n[nH]c(C)c1CC. The predicted molar refractivity (Wildman–Crippen MR) is 55.8 cm³/mol. The van der Waals surface area contributed by atoms with E-state index in [9.17, 15) is 0 Å². The first-order chi connectivity index (χ1) is 6.72. The molecule has 1 rings (SSSR count). The number of nitrogens with zero attached hydrogens (tertiary/aromatic N) is 2. The lowest BCUT2D eigenvalue weighted by atomic mass is 10.2. The summed E-state index contributed by atoms with van der Waals surface area (Å²) in [5.41, 5.74) is 2.17. The number of hydrogen-bond acceptors (Lipinski definition) is 3. The van der Waals surface area contributed by atoms with Gasteiger partial charge in [0.2, 0.25) is 0 Å². The van der Waals surface area contributed by atoms with Crippen molar-refractivity contribution in [1.29, 1.82) is 0 Å². The Bertz CT molecular complexity index is 330. The molecule has 0 radical (unpaired) electrons. The minimum absolute atomic E-state index is 0.520. The molecule has 0 aliphatic carbocycles. The lowest BCUT2D eigenvalue weighted by molar-refractivity contribution is 0.318. The molecular formula is C9H16N4O. The highest BCUT2D eigenvalue weighted by Crippen LogP contribution is 2.16. The van der Waals surface area contributed by atoms with Crippen LogP contribution < -0.4 is 5.32 Å². The van der Waals surface area contributed by atoms with E-state index in [4.69, 9.17) is 5.21 Å². The third-order valence-corrected chi connectivity index (χ3v) is 2.15. The molecule has 0 saturated heterocycles. The molecule has 0 aromatic carbocycles. The summed E-state index contributed by atoms with van der Waals surface area (Å²) in [5, 5.41) is 21.7. The predicted octanol–water partition coefficient (Wildman–Crippen LogP) is 1.89. The lowest BCUT2D eigenvalue weighted by Gasteiger charge is -2.04. The Labute approximate surface area is 83.2 Å². The quantitative estimate of drug-likeness (QED) is 0.299. The fraction of sp³-hybridized carbons (Fsp3) is 0.556. The Hall–Kier alpha value is -1.52. The molecule has 14 heavy (non-hydrogen) atoms. The number of amidine groups is 1. The van der Waals surface area contributed by atoms with E-state index in [1.807, 2.05) is 13.8 Å². The number of H-pyrrole nitrogens is 1. The van der Waals surface area contributed by atoms with Gasteiger partial charge < -0.3 is 10.5 Å². The number of aryl methyl sites for hydroxylation is 1. The molecule has 0 amide bonds. The Balaban J connectivity index is 2.86. The van der Waals surface area contributed by atoms with Crippen LogP contribution in [0.2, 0.25) is 0 Å². The maximum Gasteiger partial charge on any atom is 0.156 e. The Morgan fingerprint density at radius 2 is 2.29 bits per heavy atom. The van der Waals surface area contributed by atoms with Crippen molar-refractivity contribution >= 4 is 11.7 Å². The van der Waals surface area contributed by atoms with Crippen LogP contribution in [0.1, 0.15) is 31.5 Å². The minimum Gasteiger partial charge on any atom is -0.409 e.